The number of sulfonamides is 1. The lowest BCUT2D eigenvalue weighted by Crippen LogP contribution is -2.50. The third-order valence-corrected chi connectivity index (χ3v) is 6.92. The normalized spacial score (nSPS) is 19.4. The number of nitrogens with zero attached hydrogens (tertiary/aromatic N) is 2. The first-order valence-electron chi connectivity index (χ1n) is 10.7. The molecule has 0 aliphatic carbocycles. The van der Waals surface area contributed by atoms with Crippen molar-refractivity contribution >= 4 is 21.6 Å². The first kappa shape index (κ1) is 21.6. The Morgan fingerprint density at radius 2 is 1.71 bits per heavy atom. The molecular weight excluding hydrogens is 414 g/mol. The van der Waals surface area contributed by atoms with Gasteiger partial charge >= 0.3 is 0 Å². The van der Waals surface area contributed by atoms with E-state index in [4.69, 9.17) is 4.74 Å². The maximum atomic E-state index is 12.7. The molecule has 0 unspecified atom stereocenters. The predicted molar refractivity (Wildman–Crippen MR) is 120 cm³/mol. The van der Waals surface area contributed by atoms with Crippen LogP contribution in [0.25, 0.3) is 0 Å². The first-order chi connectivity index (χ1) is 14.9. The average molecular weight is 444 g/mol. The molecule has 8 heteroatoms. The number of carbonyl (C=O) groups excluding carboxylic acids is 1. The second kappa shape index (κ2) is 9.28. The number of nitrogens with one attached hydrogen (secondary N) is 1. The van der Waals surface area contributed by atoms with Gasteiger partial charge in [0.1, 0.15) is 5.75 Å². The molecule has 1 N–H and O–H groups in total. The van der Waals surface area contributed by atoms with Crippen molar-refractivity contribution in [3.05, 3.63) is 59.7 Å². The second-order valence-electron chi connectivity index (χ2n) is 8.24. The minimum atomic E-state index is -3.52. The Labute approximate surface area is 184 Å². The van der Waals surface area contributed by atoms with Crippen molar-refractivity contribution in [3.63, 3.8) is 0 Å². The zero-order valence-corrected chi connectivity index (χ0v) is 18.6. The number of hydrogen-bond acceptors (Lipinski definition) is 5. The van der Waals surface area contributed by atoms with Gasteiger partial charge in [-0.25, -0.2) is 8.42 Å². The summed E-state index contributed by atoms with van der Waals surface area (Å²) in [5.74, 6) is 0.0573. The quantitative estimate of drug-likeness (QED) is 0.742. The molecule has 0 saturated carbocycles. The van der Waals surface area contributed by atoms with E-state index >= 15 is 0 Å². The first-order valence-corrected chi connectivity index (χ1v) is 12.6. The number of fused-ring (bicyclic) bond motifs is 1. The maximum Gasteiger partial charge on any atom is 0.263 e. The fourth-order valence-electron chi connectivity index (χ4n) is 4.09. The van der Waals surface area contributed by atoms with E-state index < -0.39 is 16.1 Å². The van der Waals surface area contributed by atoms with E-state index in [1.54, 1.807) is 24.3 Å². The van der Waals surface area contributed by atoms with Crippen molar-refractivity contribution in [2.45, 2.75) is 38.5 Å². The fraction of sp³-hybridized carbons (Fsp3) is 0.435. The number of amides is 1. The lowest BCUT2D eigenvalue weighted by molar-refractivity contribution is -0.127. The van der Waals surface area contributed by atoms with Crippen molar-refractivity contribution in [1.29, 1.82) is 0 Å². The number of rotatable bonds is 6. The number of likely N-dealkylation sites (tertiary alicyclic amines) is 1. The van der Waals surface area contributed by atoms with Gasteiger partial charge in [-0.05, 0) is 49.2 Å². The van der Waals surface area contributed by atoms with Crippen LogP contribution in [0, 0.1) is 0 Å². The third-order valence-electron chi connectivity index (χ3n) is 5.77. The van der Waals surface area contributed by atoms with Gasteiger partial charge in [0.15, 0.2) is 6.10 Å². The number of piperidine rings is 1. The van der Waals surface area contributed by atoms with Gasteiger partial charge in [-0.3, -0.25) is 14.0 Å². The summed E-state index contributed by atoms with van der Waals surface area (Å²) in [5.41, 5.74) is 2.72. The van der Waals surface area contributed by atoms with E-state index in [2.05, 4.69) is 22.3 Å². The molecule has 2 aliphatic heterocycles. The largest absolute Gasteiger partial charge is 0.476 e. The van der Waals surface area contributed by atoms with Crippen LogP contribution in [0.3, 0.4) is 0 Å². The topological polar surface area (TPSA) is 79.0 Å². The highest BCUT2D eigenvalue weighted by Crippen LogP contribution is 2.34. The smallest absolute Gasteiger partial charge is 0.263 e. The molecule has 31 heavy (non-hydrogen) atoms. The number of hydrogen-bond donors (Lipinski definition) is 1. The molecule has 0 bridgehead atoms. The molecule has 2 heterocycles. The van der Waals surface area contributed by atoms with Gasteiger partial charge in [-0.15, -0.1) is 0 Å². The minimum Gasteiger partial charge on any atom is -0.476 e. The van der Waals surface area contributed by atoms with E-state index in [1.165, 1.54) is 29.1 Å². The standard InChI is InChI=1S/C23H29N3O4S/c1-31(28,29)26-17-22(30-21-8-4-3-7-20(21)26)23(27)24-15-18-9-11-19(12-10-18)16-25-13-5-2-6-14-25/h3-4,7-12,22H,2,5-6,13-17H2,1H3,(H,24,27)/t22-/m1/s1. The Hall–Kier alpha value is -2.58. The Morgan fingerprint density at radius 1 is 1.03 bits per heavy atom. The molecule has 0 spiro atoms. The molecule has 1 fully saturated rings. The molecule has 166 valence electrons. The second-order valence-corrected chi connectivity index (χ2v) is 10.1. The van der Waals surface area contributed by atoms with Crippen molar-refractivity contribution in [2.24, 2.45) is 0 Å². The van der Waals surface area contributed by atoms with Crippen molar-refractivity contribution in [3.8, 4) is 5.75 Å². The molecule has 1 amide bonds. The molecule has 1 saturated heterocycles. The van der Waals surface area contributed by atoms with Crippen LogP contribution in [0.15, 0.2) is 48.5 Å². The van der Waals surface area contributed by atoms with Gasteiger partial charge < -0.3 is 10.1 Å². The van der Waals surface area contributed by atoms with Crippen molar-refractivity contribution < 1.29 is 17.9 Å². The van der Waals surface area contributed by atoms with Crippen molar-refractivity contribution in [1.82, 2.24) is 10.2 Å². The van der Waals surface area contributed by atoms with Gasteiger partial charge in [-0.2, -0.15) is 0 Å². The summed E-state index contributed by atoms with van der Waals surface area (Å²) in [4.78, 5) is 15.2. The zero-order valence-electron chi connectivity index (χ0n) is 17.8. The summed E-state index contributed by atoms with van der Waals surface area (Å²) in [6.07, 6.45) is 4.11. The van der Waals surface area contributed by atoms with Gasteiger partial charge in [0.25, 0.3) is 5.91 Å². The molecule has 2 aromatic rings. The SMILES string of the molecule is CS(=O)(=O)N1C[C@H](C(=O)NCc2ccc(CN3CCCCC3)cc2)Oc2ccccc21. The molecule has 2 aromatic carbocycles. The highest BCUT2D eigenvalue weighted by Gasteiger charge is 2.34. The van der Waals surface area contributed by atoms with Gasteiger partial charge in [-0.1, -0.05) is 42.8 Å². The molecule has 1 atom stereocenters. The number of anilines is 1. The van der Waals surface area contributed by atoms with Crippen LogP contribution >= 0.6 is 0 Å². The highest BCUT2D eigenvalue weighted by atomic mass is 32.2. The summed E-state index contributed by atoms with van der Waals surface area (Å²) in [7, 11) is -3.52. The van der Waals surface area contributed by atoms with E-state index in [0.717, 1.165) is 31.5 Å². The van der Waals surface area contributed by atoms with Crippen LogP contribution < -0.4 is 14.4 Å². The number of ether oxygens (including phenoxy) is 1. The average Bonchev–Trinajstić information content (AvgIpc) is 2.77. The number of para-hydroxylation sites is 2. The van der Waals surface area contributed by atoms with Crippen LogP contribution in [-0.4, -0.2) is 51.2 Å². The summed E-state index contributed by atoms with van der Waals surface area (Å²) >= 11 is 0. The third kappa shape index (κ3) is 5.37. The van der Waals surface area contributed by atoms with Crippen molar-refractivity contribution in [2.75, 3.05) is 30.2 Å². The lowest BCUT2D eigenvalue weighted by Gasteiger charge is -2.33. The zero-order chi connectivity index (χ0) is 21.8. The lowest BCUT2D eigenvalue weighted by atomic mass is 10.1. The molecule has 4 rings (SSSR count). The summed E-state index contributed by atoms with van der Waals surface area (Å²) in [6.45, 7) is 3.60. The molecule has 7 nitrogen and oxygen atoms in total. The Balaban J connectivity index is 1.35. The Morgan fingerprint density at radius 3 is 2.42 bits per heavy atom. The summed E-state index contributed by atoms with van der Waals surface area (Å²) < 4.78 is 31.4. The monoisotopic (exact) mass is 443 g/mol. The number of benzene rings is 2. The molecule has 2 aliphatic rings. The molecule has 0 aromatic heterocycles. The highest BCUT2D eigenvalue weighted by molar-refractivity contribution is 7.92. The van der Waals surface area contributed by atoms with Gasteiger partial charge in [0.2, 0.25) is 10.0 Å². The van der Waals surface area contributed by atoms with E-state index in [-0.39, 0.29) is 12.5 Å². The van der Waals surface area contributed by atoms with E-state index in [0.29, 0.717) is 18.0 Å². The predicted octanol–water partition coefficient (Wildman–Crippen LogP) is 2.52. The maximum absolute atomic E-state index is 12.7. The summed E-state index contributed by atoms with van der Waals surface area (Å²) in [6, 6.07) is 15.1. The van der Waals surface area contributed by atoms with Gasteiger partial charge in [0, 0.05) is 13.1 Å². The summed E-state index contributed by atoms with van der Waals surface area (Å²) in [5, 5.41) is 2.88. The van der Waals surface area contributed by atoms with Crippen LogP contribution in [0.5, 0.6) is 5.75 Å². The van der Waals surface area contributed by atoms with Crippen LogP contribution in [0.2, 0.25) is 0 Å². The van der Waals surface area contributed by atoms with Crippen LogP contribution in [0.1, 0.15) is 30.4 Å². The Kier molecular flexibility index (Phi) is 6.48. The van der Waals surface area contributed by atoms with Crippen LogP contribution in [-0.2, 0) is 27.9 Å². The fourth-order valence-corrected chi connectivity index (χ4v) is 5.01. The molecular formula is C23H29N3O4S. The Bertz CT molecular complexity index is 1020. The van der Waals surface area contributed by atoms with E-state index in [9.17, 15) is 13.2 Å². The number of carbonyl (C=O) groups is 1. The molecule has 0 radical (unpaired) electrons. The van der Waals surface area contributed by atoms with E-state index in [1.807, 2.05) is 12.1 Å². The van der Waals surface area contributed by atoms with Crippen LogP contribution in [0.4, 0.5) is 5.69 Å². The van der Waals surface area contributed by atoms with Gasteiger partial charge in [0.05, 0.1) is 18.5 Å². The minimum absolute atomic E-state index is 0.0452.